The molecule has 0 radical (unpaired) electrons. The lowest BCUT2D eigenvalue weighted by Crippen LogP contribution is -2.50. The summed E-state index contributed by atoms with van der Waals surface area (Å²) in [6.45, 7) is 1.56. The Morgan fingerprint density at radius 1 is 1.56 bits per heavy atom. The van der Waals surface area contributed by atoms with Crippen molar-refractivity contribution in [2.75, 3.05) is 6.54 Å². The van der Waals surface area contributed by atoms with Crippen molar-refractivity contribution >= 4 is 17.7 Å². The van der Waals surface area contributed by atoms with E-state index in [0.29, 0.717) is 5.84 Å². The first-order valence-corrected chi connectivity index (χ1v) is 4.84. The van der Waals surface area contributed by atoms with Crippen LogP contribution in [0.25, 0.3) is 0 Å². The molecular weight excluding hydrogens is 210 g/mol. The van der Waals surface area contributed by atoms with Crippen LogP contribution in [0.3, 0.4) is 0 Å². The van der Waals surface area contributed by atoms with Gasteiger partial charge >= 0.3 is 5.97 Å². The first-order valence-electron chi connectivity index (χ1n) is 4.84. The zero-order valence-corrected chi connectivity index (χ0v) is 8.70. The first kappa shape index (κ1) is 10.4. The number of fused-ring (bicyclic) bond motifs is 1. The maximum absolute atomic E-state index is 11.7. The van der Waals surface area contributed by atoms with Gasteiger partial charge in [-0.2, -0.15) is 5.10 Å². The highest BCUT2D eigenvalue weighted by Crippen LogP contribution is 2.13. The Morgan fingerprint density at radius 3 is 3.00 bits per heavy atom. The fourth-order valence-corrected chi connectivity index (χ4v) is 1.48. The van der Waals surface area contributed by atoms with Gasteiger partial charge in [-0.25, -0.2) is 9.80 Å². The van der Waals surface area contributed by atoms with E-state index in [2.05, 4.69) is 5.10 Å². The predicted octanol–water partition coefficient (Wildman–Crippen LogP) is 0.000700. The van der Waals surface area contributed by atoms with Gasteiger partial charge in [-0.1, -0.05) is 6.08 Å². The van der Waals surface area contributed by atoms with E-state index >= 15 is 0 Å². The van der Waals surface area contributed by atoms with Crippen LogP contribution in [-0.2, 0) is 9.59 Å². The molecule has 1 unspecified atom stereocenters. The van der Waals surface area contributed by atoms with E-state index in [4.69, 9.17) is 5.11 Å². The minimum Gasteiger partial charge on any atom is -0.480 e. The van der Waals surface area contributed by atoms with E-state index in [-0.39, 0.29) is 12.5 Å². The summed E-state index contributed by atoms with van der Waals surface area (Å²) in [5, 5.41) is 13.9. The largest absolute Gasteiger partial charge is 0.480 e. The lowest BCUT2D eigenvalue weighted by Gasteiger charge is -2.32. The van der Waals surface area contributed by atoms with Crippen molar-refractivity contribution in [3.8, 4) is 0 Å². The second-order valence-electron chi connectivity index (χ2n) is 3.54. The molecule has 6 nitrogen and oxygen atoms in total. The van der Waals surface area contributed by atoms with Crippen LogP contribution in [0.4, 0.5) is 0 Å². The molecule has 2 aliphatic heterocycles. The average molecular weight is 221 g/mol. The van der Waals surface area contributed by atoms with E-state index in [1.165, 1.54) is 6.92 Å². The number of hydrogen-bond acceptors (Lipinski definition) is 4. The summed E-state index contributed by atoms with van der Waals surface area (Å²) in [6, 6.07) is -0.943. The minimum atomic E-state index is -1.07. The number of nitrogens with zero attached hydrogens (tertiary/aromatic N) is 3. The molecule has 6 heteroatoms. The summed E-state index contributed by atoms with van der Waals surface area (Å²) in [4.78, 5) is 24.1. The van der Waals surface area contributed by atoms with Gasteiger partial charge in [0.25, 0.3) is 5.91 Å². The highest BCUT2D eigenvalue weighted by Gasteiger charge is 2.31. The van der Waals surface area contributed by atoms with Gasteiger partial charge in [0.1, 0.15) is 12.6 Å². The minimum absolute atomic E-state index is 0.122. The molecule has 1 atom stereocenters. The molecule has 2 heterocycles. The third kappa shape index (κ3) is 1.69. The highest BCUT2D eigenvalue weighted by atomic mass is 16.4. The Kier molecular flexibility index (Phi) is 2.47. The van der Waals surface area contributed by atoms with Crippen LogP contribution in [0.15, 0.2) is 29.5 Å². The zero-order chi connectivity index (χ0) is 11.7. The molecule has 0 fully saturated rings. The summed E-state index contributed by atoms with van der Waals surface area (Å²) < 4.78 is 0. The molecule has 2 rings (SSSR count). The quantitative estimate of drug-likeness (QED) is 0.712. The van der Waals surface area contributed by atoms with Crippen molar-refractivity contribution in [3.63, 3.8) is 0 Å². The van der Waals surface area contributed by atoms with E-state index in [1.807, 2.05) is 0 Å². The van der Waals surface area contributed by atoms with Gasteiger partial charge in [-0.15, -0.1) is 0 Å². The molecule has 84 valence electrons. The number of rotatable bonds is 2. The number of aliphatic carboxylic acids is 1. The van der Waals surface area contributed by atoms with Crippen LogP contribution in [0.2, 0.25) is 0 Å². The van der Waals surface area contributed by atoms with Crippen molar-refractivity contribution in [2.45, 2.75) is 13.0 Å². The Morgan fingerprint density at radius 2 is 2.31 bits per heavy atom. The van der Waals surface area contributed by atoms with Crippen molar-refractivity contribution in [1.82, 2.24) is 9.91 Å². The fraction of sp³-hybridized carbons (Fsp3) is 0.300. The smallest absolute Gasteiger partial charge is 0.328 e. The van der Waals surface area contributed by atoms with Crippen LogP contribution in [0, 0.1) is 0 Å². The topological polar surface area (TPSA) is 73.2 Å². The van der Waals surface area contributed by atoms with Gasteiger partial charge in [-0.05, 0) is 19.1 Å². The number of amidine groups is 1. The molecule has 0 aromatic carbocycles. The Bertz CT molecular complexity index is 425. The molecule has 0 saturated heterocycles. The predicted molar refractivity (Wildman–Crippen MR) is 56.4 cm³/mol. The molecular formula is C10H11N3O3. The van der Waals surface area contributed by atoms with Gasteiger partial charge in [0.2, 0.25) is 0 Å². The lowest BCUT2D eigenvalue weighted by molar-refractivity contribution is -0.150. The van der Waals surface area contributed by atoms with Crippen molar-refractivity contribution in [2.24, 2.45) is 5.10 Å². The van der Waals surface area contributed by atoms with Gasteiger partial charge in [0.15, 0.2) is 5.84 Å². The number of amides is 1. The van der Waals surface area contributed by atoms with Crippen LogP contribution in [0.5, 0.6) is 0 Å². The summed E-state index contributed by atoms with van der Waals surface area (Å²) in [6.07, 6.45) is 7.05. The molecule has 16 heavy (non-hydrogen) atoms. The van der Waals surface area contributed by atoms with Crippen molar-refractivity contribution in [1.29, 1.82) is 0 Å². The summed E-state index contributed by atoms with van der Waals surface area (Å²) in [7, 11) is 0. The number of carbonyl (C=O) groups is 2. The molecule has 1 N–H and O–H groups in total. The van der Waals surface area contributed by atoms with E-state index in [9.17, 15) is 9.59 Å². The van der Waals surface area contributed by atoms with Crippen molar-refractivity contribution < 1.29 is 14.7 Å². The van der Waals surface area contributed by atoms with Gasteiger partial charge in [0, 0.05) is 6.20 Å². The first-order chi connectivity index (χ1) is 7.59. The summed E-state index contributed by atoms with van der Waals surface area (Å²) in [5.41, 5.74) is 0. The SMILES string of the molecule is CC(C(=O)O)N1N=C2C=CC=CN2CC1=O. The fourth-order valence-electron chi connectivity index (χ4n) is 1.48. The number of carboxylic acids is 1. The Balaban J connectivity index is 2.28. The number of hydrazone groups is 1. The number of carbonyl (C=O) groups excluding carboxylic acids is 1. The number of allylic oxidation sites excluding steroid dienone is 2. The van der Waals surface area contributed by atoms with Gasteiger partial charge < -0.3 is 10.0 Å². The maximum Gasteiger partial charge on any atom is 0.328 e. The monoisotopic (exact) mass is 221 g/mol. The Labute approximate surface area is 92.1 Å². The van der Waals surface area contributed by atoms with E-state index in [0.717, 1.165) is 5.01 Å². The van der Waals surface area contributed by atoms with Gasteiger partial charge in [-0.3, -0.25) is 4.79 Å². The van der Waals surface area contributed by atoms with Crippen molar-refractivity contribution in [3.05, 3.63) is 24.4 Å². The van der Waals surface area contributed by atoms with Crippen LogP contribution in [-0.4, -0.2) is 45.3 Å². The molecule has 0 saturated carbocycles. The molecule has 2 aliphatic rings. The lowest BCUT2D eigenvalue weighted by atomic mass is 10.2. The Hall–Kier alpha value is -2.11. The van der Waals surface area contributed by atoms with Crippen LogP contribution >= 0.6 is 0 Å². The second kappa shape index (κ2) is 3.80. The third-order valence-electron chi connectivity index (χ3n) is 2.41. The molecule has 0 bridgehead atoms. The normalized spacial score (nSPS) is 20.6. The standard InChI is InChI=1S/C10H11N3O3/c1-7(10(15)16)13-9(14)6-12-5-3-2-4-8(12)11-13/h2-5,7H,6H2,1H3,(H,15,16). The highest BCUT2D eigenvalue weighted by molar-refractivity contribution is 6.00. The molecule has 1 amide bonds. The van der Waals surface area contributed by atoms with Gasteiger partial charge in [0.05, 0.1) is 0 Å². The van der Waals surface area contributed by atoms with E-state index in [1.54, 1.807) is 29.3 Å². The third-order valence-corrected chi connectivity index (χ3v) is 2.41. The number of carboxylic acid groups (broad SMARTS) is 1. The summed E-state index contributed by atoms with van der Waals surface area (Å²) in [5.74, 6) is -0.810. The molecule has 0 spiro atoms. The molecule has 0 aromatic rings. The van der Waals surface area contributed by atoms with E-state index < -0.39 is 12.0 Å². The summed E-state index contributed by atoms with van der Waals surface area (Å²) >= 11 is 0. The molecule has 0 aromatic heterocycles. The average Bonchev–Trinajstić information content (AvgIpc) is 2.27. The maximum atomic E-state index is 11.7. The van der Waals surface area contributed by atoms with Crippen LogP contribution in [0.1, 0.15) is 6.92 Å². The molecule has 0 aliphatic carbocycles. The second-order valence-corrected chi connectivity index (χ2v) is 3.54. The zero-order valence-electron chi connectivity index (χ0n) is 8.70. The van der Waals surface area contributed by atoms with Crippen LogP contribution < -0.4 is 0 Å². The number of hydrogen-bond donors (Lipinski definition) is 1.